The minimum absolute atomic E-state index is 0.224. The number of fused-ring (bicyclic) bond motifs is 1. The number of nitrogens with zero attached hydrogens (tertiary/aromatic N) is 4. The number of aromatic nitrogens is 4. The monoisotopic (exact) mass is 320 g/mol. The Kier molecular flexibility index (Phi) is 3.24. The Morgan fingerprint density at radius 3 is 2.26 bits per heavy atom. The standard InChI is InChI=1S/C17H12N4OS/c1-11-16(22)21-17(19-18-11)23-15(20-21)14-9-7-13(8-10-14)12-5-3-2-4-6-12/h2-10H,1H3. The van der Waals surface area contributed by atoms with E-state index in [-0.39, 0.29) is 5.56 Å². The highest BCUT2D eigenvalue weighted by molar-refractivity contribution is 7.19. The van der Waals surface area contributed by atoms with Gasteiger partial charge in [-0.05, 0) is 18.1 Å². The Morgan fingerprint density at radius 2 is 1.52 bits per heavy atom. The zero-order valence-corrected chi connectivity index (χ0v) is 13.1. The second kappa shape index (κ2) is 5.40. The van der Waals surface area contributed by atoms with Gasteiger partial charge in [-0.2, -0.15) is 9.61 Å². The molecule has 0 unspecified atom stereocenters. The number of rotatable bonds is 2. The van der Waals surface area contributed by atoms with Crippen LogP contribution in [-0.4, -0.2) is 19.8 Å². The largest absolute Gasteiger partial charge is 0.296 e. The molecule has 0 radical (unpaired) electrons. The molecule has 0 bridgehead atoms. The van der Waals surface area contributed by atoms with Gasteiger partial charge in [-0.3, -0.25) is 4.79 Å². The van der Waals surface area contributed by atoms with Crippen LogP contribution in [0, 0.1) is 6.92 Å². The van der Waals surface area contributed by atoms with Gasteiger partial charge >= 0.3 is 0 Å². The Morgan fingerprint density at radius 1 is 0.870 bits per heavy atom. The summed E-state index contributed by atoms with van der Waals surface area (Å²) in [5.74, 6) is 0. The fourth-order valence-electron chi connectivity index (χ4n) is 2.35. The Hall–Kier alpha value is -2.86. The number of hydrogen-bond donors (Lipinski definition) is 0. The molecular weight excluding hydrogens is 308 g/mol. The summed E-state index contributed by atoms with van der Waals surface area (Å²) in [4.78, 5) is 12.5. The van der Waals surface area contributed by atoms with Crippen molar-refractivity contribution in [3.05, 3.63) is 70.6 Å². The fraction of sp³-hybridized carbons (Fsp3) is 0.0588. The lowest BCUT2D eigenvalue weighted by Crippen LogP contribution is -2.19. The van der Waals surface area contributed by atoms with E-state index in [1.165, 1.54) is 21.4 Å². The van der Waals surface area contributed by atoms with Crippen molar-refractivity contribution in [2.24, 2.45) is 0 Å². The van der Waals surface area contributed by atoms with Crippen molar-refractivity contribution in [3.8, 4) is 21.7 Å². The second-order valence-electron chi connectivity index (χ2n) is 5.14. The van der Waals surface area contributed by atoms with Crippen LogP contribution in [0.1, 0.15) is 5.69 Å². The molecular formula is C17H12N4OS. The van der Waals surface area contributed by atoms with Crippen molar-refractivity contribution in [1.82, 2.24) is 19.8 Å². The highest BCUT2D eigenvalue weighted by Crippen LogP contribution is 2.27. The summed E-state index contributed by atoms with van der Waals surface area (Å²) in [7, 11) is 0. The van der Waals surface area contributed by atoms with E-state index < -0.39 is 0 Å². The highest BCUT2D eigenvalue weighted by Gasteiger charge is 2.11. The summed E-state index contributed by atoms with van der Waals surface area (Å²) >= 11 is 1.35. The minimum Gasteiger partial charge on any atom is -0.265 e. The molecule has 0 spiro atoms. The average Bonchev–Trinajstić information content (AvgIpc) is 3.04. The summed E-state index contributed by atoms with van der Waals surface area (Å²) < 4.78 is 1.31. The zero-order valence-electron chi connectivity index (χ0n) is 12.3. The molecule has 2 heterocycles. The quantitative estimate of drug-likeness (QED) is 0.569. The Balaban J connectivity index is 1.77. The average molecular weight is 320 g/mol. The molecule has 0 saturated carbocycles. The van der Waals surface area contributed by atoms with Gasteiger partial charge in [0.25, 0.3) is 5.56 Å². The van der Waals surface area contributed by atoms with E-state index in [2.05, 4.69) is 39.6 Å². The summed E-state index contributed by atoms with van der Waals surface area (Å²) in [6.45, 7) is 1.63. The maximum absolute atomic E-state index is 12.0. The Bertz CT molecular complexity index is 1040. The van der Waals surface area contributed by atoms with Crippen LogP contribution in [0.4, 0.5) is 0 Å². The molecule has 0 fully saturated rings. The van der Waals surface area contributed by atoms with Crippen LogP contribution in [0.2, 0.25) is 0 Å². The van der Waals surface area contributed by atoms with Gasteiger partial charge in [0.1, 0.15) is 10.7 Å². The van der Waals surface area contributed by atoms with Gasteiger partial charge in [0.15, 0.2) is 0 Å². The molecule has 0 aliphatic carbocycles. The topological polar surface area (TPSA) is 60.1 Å². The van der Waals surface area contributed by atoms with Crippen molar-refractivity contribution >= 4 is 16.3 Å². The first-order valence-corrected chi connectivity index (χ1v) is 7.93. The predicted octanol–water partition coefficient (Wildman–Crippen LogP) is 3.19. The molecule has 0 aliphatic rings. The van der Waals surface area contributed by atoms with Crippen molar-refractivity contribution in [2.75, 3.05) is 0 Å². The first-order valence-electron chi connectivity index (χ1n) is 7.11. The van der Waals surface area contributed by atoms with E-state index in [9.17, 15) is 4.79 Å². The molecule has 23 heavy (non-hydrogen) atoms. The number of hydrogen-bond acceptors (Lipinski definition) is 5. The third kappa shape index (κ3) is 2.43. The van der Waals surface area contributed by atoms with E-state index >= 15 is 0 Å². The van der Waals surface area contributed by atoms with Crippen LogP contribution < -0.4 is 5.56 Å². The summed E-state index contributed by atoms with van der Waals surface area (Å²) in [5.41, 5.74) is 3.39. The summed E-state index contributed by atoms with van der Waals surface area (Å²) in [6.07, 6.45) is 0. The molecule has 0 N–H and O–H groups in total. The normalized spacial score (nSPS) is 11.0. The van der Waals surface area contributed by atoms with Gasteiger partial charge in [-0.1, -0.05) is 65.9 Å². The van der Waals surface area contributed by atoms with Gasteiger partial charge in [-0.15, -0.1) is 10.2 Å². The van der Waals surface area contributed by atoms with Gasteiger partial charge < -0.3 is 0 Å². The van der Waals surface area contributed by atoms with E-state index in [1.807, 2.05) is 30.3 Å². The van der Waals surface area contributed by atoms with Gasteiger partial charge in [0.2, 0.25) is 4.96 Å². The van der Waals surface area contributed by atoms with E-state index in [1.54, 1.807) is 6.92 Å². The van der Waals surface area contributed by atoms with Gasteiger partial charge in [-0.25, -0.2) is 0 Å². The van der Waals surface area contributed by atoms with Crippen LogP contribution in [0.3, 0.4) is 0 Å². The fourth-order valence-corrected chi connectivity index (χ4v) is 3.19. The van der Waals surface area contributed by atoms with Crippen LogP contribution >= 0.6 is 11.3 Å². The predicted molar refractivity (Wildman–Crippen MR) is 90.5 cm³/mol. The first-order chi connectivity index (χ1) is 11.2. The van der Waals surface area contributed by atoms with Crippen LogP contribution in [0.25, 0.3) is 26.7 Å². The molecule has 4 aromatic rings. The molecule has 0 aliphatic heterocycles. The molecule has 4 rings (SSSR count). The summed E-state index contributed by atoms with van der Waals surface area (Å²) in [6, 6.07) is 18.3. The van der Waals surface area contributed by atoms with Crippen LogP contribution in [-0.2, 0) is 0 Å². The van der Waals surface area contributed by atoms with Crippen LogP contribution in [0.5, 0.6) is 0 Å². The molecule has 0 saturated heterocycles. The second-order valence-corrected chi connectivity index (χ2v) is 6.09. The maximum Gasteiger partial charge on any atom is 0.296 e. The number of aryl methyl sites for hydroxylation is 1. The number of benzene rings is 2. The SMILES string of the molecule is Cc1nnc2sc(-c3ccc(-c4ccccc4)cc3)nn2c1=O. The lowest BCUT2D eigenvalue weighted by atomic mass is 10.0. The van der Waals surface area contributed by atoms with E-state index in [0.717, 1.165) is 16.1 Å². The van der Waals surface area contributed by atoms with Gasteiger partial charge in [0, 0.05) is 5.56 Å². The maximum atomic E-state index is 12.0. The third-order valence-corrected chi connectivity index (χ3v) is 4.53. The Labute approximate surface area is 135 Å². The molecule has 0 amide bonds. The lowest BCUT2D eigenvalue weighted by Gasteiger charge is -2.02. The molecule has 2 aromatic carbocycles. The van der Waals surface area contributed by atoms with E-state index in [4.69, 9.17) is 0 Å². The van der Waals surface area contributed by atoms with Crippen molar-refractivity contribution in [1.29, 1.82) is 0 Å². The van der Waals surface area contributed by atoms with Crippen LogP contribution in [0.15, 0.2) is 59.4 Å². The summed E-state index contributed by atoms with van der Waals surface area (Å²) in [5, 5.41) is 13.0. The first kappa shape index (κ1) is 13.8. The molecule has 0 atom stereocenters. The highest BCUT2D eigenvalue weighted by atomic mass is 32.1. The van der Waals surface area contributed by atoms with Crippen molar-refractivity contribution in [3.63, 3.8) is 0 Å². The van der Waals surface area contributed by atoms with Crippen molar-refractivity contribution < 1.29 is 0 Å². The zero-order chi connectivity index (χ0) is 15.8. The third-order valence-electron chi connectivity index (χ3n) is 3.59. The molecule has 112 valence electrons. The van der Waals surface area contributed by atoms with Gasteiger partial charge in [0.05, 0.1) is 0 Å². The molecule has 5 nitrogen and oxygen atoms in total. The van der Waals surface area contributed by atoms with E-state index in [0.29, 0.717) is 10.7 Å². The smallest absolute Gasteiger partial charge is 0.265 e. The molecule has 6 heteroatoms. The van der Waals surface area contributed by atoms with Crippen molar-refractivity contribution in [2.45, 2.75) is 6.92 Å². The minimum atomic E-state index is -0.224. The molecule has 2 aromatic heterocycles. The lowest BCUT2D eigenvalue weighted by molar-refractivity contribution is 0.829.